The minimum Gasteiger partial charge on any atom is -0.508 e. The molecule has 0 aliphatic carbocycles. The summed E-state index contributed by atoms with van der Waals surface area (Å²) >= 11 is 0. The number of phenols is 1. The molecule has 1 N–H and O–H groups in total. The molecule has 1 fully saturated rings. The Bertz CT molecular complexity index is 812. The van der Waals surface area contributed by atoms with E-state index < -0.39 is 10.1 Å². The molecule has 1 aliphatic rings. The summed E-state index contributed by atoms with van der Waals surface area (Å²) in [7, 11) is -3.49. The zero-order valence-corrected chi connectivity index (χ0v) is 15.6. The van der Waals surface area contributed by atoms with Gasteiger partial charge in [-0.05, 0) is 67.5 Å². The van der Waals surface area contributed by atoms with E-state index in [1.165, 1.54) is 0 Å². The second-order valence-electron chi connectivity index (χ2n) is 6.74. The van der Waals surface area contributed by atoms with Crippen molar-refractivity contribution in [3.05, 3.63) is 59.7 Å². The average Bonchev–Trinajstić information content (AvgIpc) is 2.61. The van der Waals surface area contributed by atoms with E-state index >= 15 is 0 Å². The highest BCUT2D eigenvalue weighted by Crippen LogP contribution is 2.33. The summed E-state index contributed by atoms with van der Waals surface area (Å²) in [4.78, 5) is 0. The van der Waals surface area contributed by atoms with Crippen LogP contribution in [0.5, 0.6) is 11.5 Å². The fourth-order valence-corrected chi connectivity index (χ4v) is 3.72. The van der Waals surface area contributed by atoms with Gasteiger partial charge in [0.25, 0.3) is 0 Å². The Hall–Kier alpha value is -2.05. The van der Waals surface area contributed by atoms with E-state index in [0.717, 1.165) is 49.5 Å². The van der Waals surface area contributed by atoms with Gasteiger partial charge in [0, 0.05) is 0 Å². The Labute approximate surface area is 154 Å². The lowest BCUT2D eigenvalue weighted by atomic mass is 9.95. The smallest absolute Gasteiger partial charge is 0.306 e. The van der Waals surface area contributed by atoms with E-state index in [0.29, 0.717) is 5.75 Å². The standard InChI is InChI=1S/C20H24O5S/c1-26(22,23)25-19-13-6-15(7-14-19)5-12-18-3-2-4-20(24-18)16-8-10-17(21)11-9-16/h6-11,13-14,18,20-21H,2-5,12H2,1H3/t18-,20-/m0/s1. The molecule has 2 atom stereocenters. The monoisotopic (exact) mass is 376 g/mol. The molecule has 0 saturated carbocycles. The van der Waals surface area contributed by atoms with Crippen LogP contribution in [0.15, 0.2) is 48.5 Å². The van der Waals surface area contributed by atoms with Gasteiger partial charge in [0.05, 0.1) is 18.5 Å². The molecule has 26 heavy (non-hydrogen) atoms. The third kappa shape index (κ3) is 5.47. The van der Waals surface area contributed by atoms with Crippen molar-refractivity contribution in [2.75, 3.05) is 6.26 Å². The van der Waals surface area contributed by atoms with Crippen molar-refractivity contribution in [1.82, 2.24) is 0 Å². The van der Waals surface area contributed by atoms with E-state index in [-0.39, 0.29) is 18.0 Å². The highest BCUT2D eigenvalue weighted by atomic mass is 32.2. The van der Waals surface area contributed by atoms with Gasteiger partial charge < -0.3 is 14.0 Å². The maximum atomic E-state index is 11.1. The number of hydrogen-bond acceptors (Lipinski definition) is 5. The molecular formula is C20H24O5S. The second kappa shape index (κ2) is 8.10. The number of aromatic hydroxyl groups is 1. The van der Waals surface area contributed by atoms with Crippen LogP contribution in [0.4, 0.5) is 0 Å². The quantitative estimate of drug-likeness (QED) is 0.772. The number of aryl methyl sites for hydroxylation is 1. The Morgan fingerprint density at radius 2 is 1.77 bits per heavy atom. The maximum absolute atomic E-state index is 11.1. The van der Waals surface area contributed by atoms with Gasteiger partial charge in [-0.1, -0.05) is 24.3 Å². The summed E-state index contributed by atoms with van der Waals surface area (Å²) < 4.78 is 33.4. The van der Waals surface area contributed by atoms with Crippen molar-refractivity contribution in [3.8, 4) is 11.5 Å². The van der Waals surface area contributed by atoms with Crippen LogP contribution in [0, 0.1) is 0 Å². The molecule has 1 heterocycles. The lowest BCUT2D eigenvalue weighted by Gasteiger charge is -2.30. The number of benzene rings is 2. The Morgan fingerprint density at radius 3 is 2.42 bits per heavy atom. The molecule has 0 radical (unpaired) electrons. The van der Waals surface area contributed by atoms with Crippen molar-refractivity contribution in [2.45, 2.75) is 44.3 Å². The molecule has 0 unspecified atom stereocenters. The summed E-state index contributed by atoms with van der Waals surface area (Å²) in [5.41, 5.74) is 2.23. The third-order valence-electron chi connectivity index (χ3n) is 4.54. The van der Waals surface area contributed by atoms with Crippen LogP contribution in [0.3, 0.4) is 0 Å². The van der Waals surface area contributed by atoms with Gasteiger partial charge in [0.2, 0.25) is 0 Å². The van der Waals surface area contributed by atoms with Gasteiger partial charge in [-0.3, -0.25) is 0 Å². The third-order valence-corrected chi connectivity index (χ3v) is 5.04. The molecule has 5 nitrogen and oxygen atoms in total. The molecule has 0 spiro atoms. The molecule has 6 heteroatoms. The molecule has 3 rings (SSSR count). The highest BCUT2D eigenvalue weighted by molar-refractivity contribution is 7.86. The maximum Gasteiger partial charge on any atom is 0.306 e. The van der Waals surface area contributed by atoms with Crippen LogP contribution >= 0.6 is 0 Å². The molecule has 0 bridgehead atoms. The Balaban J connectivity index is 1.53. The van der Waals surface area contributed by atoms with Crippen LogP contribution in [-0.2, 0) is 21.3 Å². The predicted octanol–water partition coefficient (Wildman–Crippen LogP) is 3.97. The summed E-state index contributed by atoms with van der Waals surface area (Å²) in [6.45, 7) is 0. The Morgan fingerprint density at radius 1 is 1.08 bits per heavy atom. The Kier molecular flexibility index (Phi) is 5.84. The summed E-state index contributed by atoms with van der Waals surface area (Å²) in [5.74, 6) is 0.599. The van der Waals surface area contributed by atoms with Crippen molar-refractivity contribution in [3.63, 3.8) is 0 Å². The minimum absolute atomic E-state index is 0.0832. The van der Waals surface area contributed by atoms with E-state index in [4.69, 9.17) is 8.92 Å². The first-order valence-electron chi connectivity index (χ1n) is 8.82. The molecule has 0 aromatic heterocycles. The minimum atomic E-state index is -3.49. The van der Waals surface area contributed by atoms with Gasteiger partial charge >= 0.3 is 10.1 Å². The fraction of sp³-hybridized carbons (Fsp3) is 0.400. The van der Waals surface area contributed by atoms with Crippen molar-refractivity contribution in [2.24, 2.45) is 0 Å². The van der Waals surface area contributed by atoms with Gasteiger partial charge in [0.15, 0.2) is 0 Å². The van der Waals surface area contributed by atoms with Crippen molar-refractivity contribution >= 4 is 10.1 Å². The first-order chi connectivity index (χ1) is 12.4. The zero-order chi connectivity index (χ0) is 18.6. The first kappa shape index (κ1) is 18.7. The average molecular weight is 376 g/mol. The van der Waals surface area contributed by atoms with Crippen molar-refractivity contribution in [1.29, 1.82) is 0 Å². The van der Waals surface area contributed by atoms with Gasteiger partial charge in [-0.15, -0.1) is 0 Å². The molecule has 1 aliphatic heterocycles. The predicted molar refractivity (Wildman–Crippen MR) is 99.8 cm³/mol. The van der Waals surface area contributed by atoms with E-state index in [1.807, 2.05) is 24.3 Å². The van der Waals surface area contributed by atoms with Gasteiger partial charge in [-0.25, -0.2) is 0 Å². The molecular weight excluding hydrogens is 352 g/mol. The number of phenolic OH excluding ortho intramolecular Hbond substituents is 1. The van der Waals surface area contributed by atoms with Crippen LogP contribution < -0.4 is 4.18 Å². The topological polar surface area (TPSA) is 72.8 Å². The normalized spacial score (nSPS) is 20.7. The molecule has 1 saturated heterocycles. The van der Waals surface area contributed by atoms with Crippen LogP contribution in [-0.4, -0.2) is 25.9 Å². The molecule has 2 aromatic rings. The van der Waals surface area contributed by atoms with Gasteiger partial charge in [-0.2, -0.15) is 8.42 Å². The first-order valence-corrected chi connectivity index (χ1v) is 10.6. The van der Waals surface area contributed by atoms with Crippen LogP contribution in [0.2, 0.25) is 0 Å². The summed E-state index contributed by atoms with van der Waals surface area (Å²) in [5, 5.41) is 9.42. The zero-order valence-electron chi connectivity index (χ0n) is 14.8. The van der Waals surface area contributed by atoms with E-state index in [2.05, 4.69) is 0 Å². The second-order valence-corrected chi connectivity index (χ2v) is 8.31. The highest BCUT2D eigenvalue weighted by Gasteiger charge is 2.23. The number of rotatable bonds is 6. The van der Waals surface area contributed by atoms with Crippen molar-refractivity contribution < 1.29 is 22.4 Å². The molecule has 140 valence electrons. The number of ether oxygens (including phenoxy) is 1. The lowest BCUT2D eigenvalue weighted by molar-refractivity contribution is -0.0546. The van der Waals surface area contributed by atoms with Gasteiger partial charge in [0.1, 0.15) is 11.5 Å². The fourth-order valence-electron chi connectivity index (χ4n) is 3.26. The van der Waals surface area contributed by atoms with E-state index in [1.54, 1.807) is 24.3 Å². The largest absolute Gasteiger partial charge is 0.508 e. The van der Waals surface area contributed by atoms with E-state index in [9.17, 15) is 13.5 Å². The van der Waals surface area contributed by atoms with Crippen LogP contribution in [0.25, 0.3) is 0 Å². The molecule has 2 aromatic carbocycles. The SMILES string of the molecule is CS(=O)(=O)Oc1ccc(CC[C@@H]2CCC[C@@H](c3ccc(O)cc3)O2)cc1. The van der Waals surface area contributed by atoms with Crippen LogP contribution in [0.1, 0.15) is 42.9 Å². The molecule has 0 amide bonds. The summed E-state index contributed by atoms with van der Waals surface area (Å²) in [6.07, 6.45) is 6.27. The summed E-state index contributed by atoms with van der Waals surface area (Å²) in [6, 6.07) is 14.4. The number of hydrogen-bond donors (Lipinski definition) is 1. The lowest BCUT2D eigenvalue weighted by Crippen LogP contribution is -2.23.